The number of urea groups is 1. The number of carbonyl (C=O) groups is 2. The summed E-state index contributed by atoms with van der Waals surface area (Å²) in [6, 6.07) is -1.36. The maximum Gasteiger partial charge on any atom is 0.326 e. The van der Waals surface area contributed by atoms with E-state index in [9.17, 15) is 9.59 Å². The van der Waals surface area contributed by atoms with Crippen LogP contribution in [0.3, 0.4) is 0 Å². The number of methoxy groups -OCH3 is 1. The zero-order valence-electron chi connectivity index (χ0n) is 11.2. The minimum atomic E-state index is -1.04. The third-order valence-electron chi connectivity index (χ3n) is 2.96. The minimum Gasteiger partial charge on any atom is -0.480 e. The van der Waals surface area contributed by atoms with E-state index in [1.807, 2.05) is 0 Å². The summed E-state index contributed by atoms with van der Waals surface area (Å²) in [6.07, 6.45) is 2.90. The number of nitrogens with one attached hydrogen (secondary N) is 2. The third-order valence-corrected chi connectivity index (χ3v) is 2.96. The highest BCUT2D eigenvalue weighted by molar-refractivity contribution is 5.82. The van der Waals surface area contributed by atoms with Gasteiger partial charge in [0.15, 0.2) is 0 Å². The molecule has 1 aliphatic heterocycles. The van der Waals surface area contributed by atoms with Crippen LogP contribution in [0.25, 0.3) is 0 Å². The maximum atomic E-state index is 11.6. The van der Waals surface area contributed by atoms with Gasteiger partial charge in [0.1, 0.15) is 6.04 Å². The Morgan fingerprint density at radius 1 is 1.53 bits per heavy atom. The molecule has 1 heterocycles. The number of aliphatic carboxylic acids is 1. The highest BCUT2D eigenvalue weighted by atomic mass is 16.5. The number of carboxylic acid groups (broad SMARTS) is 1. The monoisotopic (exact) mass is 274 g/mol. The van der Waals surface area contributed by atoms with Crippen LogP contribution < -0.4 is 10.6 Å². The van der Waals surface area contributed by atoms with Gasteiger partial charge in [0.2, 0.25) is 0 Å². The van der Waals surface area contributed by atoms with Crippen molar-refractivity contribution in [1.82, 2.24) is 10.6 Å². The van der Waals surface area contributed by atoms with E-state index < -0.39 is 18.0 Å². The van der Waals surface area contributed by atoms with Gasteiger partial charge in [-0.05, 0) is 25.7 Å². The second-order valence-corrected chi connectivity index (χ2v) is 4.52. The molecule has 0 bridgehead atoms. The van der Waals surface area contributed by atoms with Crippen LogP contribution in [0.4, 0.5) is 4.79 Å². The van der Waals surface area contributed by atoms with E-state index in [0.717, 1.165) is 19.4 Å². The van der Waals surface area contributed by atoms with Crippen LogP contribution in [-0.2, 0) is 14.3 Å². The number of hydrogen-bond donors (Lipinski definition) is 3. The predicted molar refractivity (Wildman–Crippen MR) is 68.0 cm³/mol. The molecule has 1 rings (SSSR count). The smallest absolute Gasteiger partial charge is 0.326 e. The van der Waals surface area contributed by atoms with Crippen LogP contribution in [0, 0.1) is 0 Å². The molecule has 0 saturated carbocycles. The van der Waals surface area contributed by atoms with Crippen LogP contribution >= 0.6 is 0 Å². The van der Waals surface area contributed by atoms with E-state index in [2.05, 4.69) is 10.6 Å². The average molecular weight is 274 g/mol. The van der Waals surface area contributed by atoms with Crippen molar-refractivity contribution in [3.05, 3.63) is 0 Å². The second-order valence-electron chi connectivity index (χ2n) is 4.52. The highest BCUT2D eigenvalue weighted by Gasteiger charge is 2.21. The zero-order valence-corrected chi connectivity index (χ0v) is 11.2. The van der Waals surface area contributed by atoms with Gasteiger partial charge in [-0.1, -0.05) is 0 Å². The third kappa shape index (κ3) is 6.40. The van der Waals surface area contributed by atoms with Gasteiger partial charge in [0.05, 0.1) is 6.10 Å². The highest BCUT2D eigenvalue weighted by Crippen LogP contribution is 2.10. The molecule has 0 aliphatic carbocycles. The fourth-order valence-corrected chi connectivity index (χ4v) is 1.91. The molecule has 1 saturated heterocycles. The van der Waals surface area contributed by atoms with Crippen LogP contribution in [0.2, 0.25) is 0 Å². The Morgan fingerprint density at radius 3 is 2.89 bits per heavy atom. The Kier molecular flexibility index (Phi) is 7.20. The van der Waals surface area contributed by atoms with E-state index in [1.54, 1.807) is 7.11 Å². The number of hydrogen-bond acceptors (Lipinski definition) is 4. The molecule has 0 aromatic carbocycles. The van der Waals surface area contributed by atoms with Gasteiger partial charge in [0.25, 0.3) is 0 Å². The van der Waals surface area contributed by atoms with Gasteiger partial charge in [-0.3, -0.25) is 0 Å². The fraction of sp³-hybridized carbons (Fsp3) is 0.833. The van der Waals surface area contributed by atoms with Gasteiger partial charge in [-0.25, -0.2) is 9.59 Å². The lowest BCUT2D eigenvalue weighted by Crippen LogP contribution is -2.47. The Balaban J connectivity index is 2.23. The van der Waals surface area contributed by atoms with Crippen molar-refractivity contribution in [2.45, 2.75) is 37.8 Å². The van der Waals surface area contributed by atoms with E-state index in [-0.39, 0.29) is 6.10 Å². The normalized spacial score (nSPS) is 19.9. The summed E-state index contributed by atoms with van der Waals surface area (Å²) in [7, 11) is 1.55. The Hall–Kier alpha value is -1.34. The van der Waals surface area contributed by atoms with E-state index in [1.165, 1.54) is 0 Å². The van der Waals surface area contributed by atoms with Crippen molar-refractivity contribution < 1.29 is 24.2 Å². The molecule has 0 aromatic heterocycles. The molecular weight excluding hydrogens is 252 g/mol. The first-order chi connectivity index (χ1) is 9.13. The molecule has 0 aromatic rings. The second kappa shape index (κ2) is 8.71. The first kappa shape index (κ1) is 15.7. The van der Waals surface area contributed by atoms with Gasteiger partial charge in [-0.2, -0.15) is 0 Å². The lowest BCUT2D eigenvalue weighted by Gasteiger charge is -2.16. The van der Waals surface area contributed by atoms with Crippen molar-refractivity contribution in [3.8, 4) is 0 Å². The molecule has 19 heavy (non-hydrogen) atoms. The van der Waals surface area contributed by atoms with E-state index in [4.69, 9.17) is 14.6 Å². The summed E-state index contributed by atoms with van der Waals surface area (Å²) >= 11 is 0. The summed E-state index contributed by atoms with van der Waals surface area (Å²) in [5.74, 6) is -1.04. The Morgan fingerprint density at radius 2 is 2.32 bits per heavy atom. The standard InChI is InChI=1S/C12H22N2O5/c1-18-6-3-5-10(11(15)16)14-12(17)13-8-9-4-2-7-19-9/h9-10H,2-8H2,1H3,(H,15,16)(H2,13,14,17). The number of rotatable bonds is 8. The molecule has 0 spiro atoms. The summed E-state index contributed by atoms with van der Waals surface area (Å²) in [6.45, 7) is 1.61. The first-order valence-corrected chi connectivity index (χ1v) is 6.51. The quantitative estimate of drug-likeness (QED) is 0.555. The molecule has 7 heteroatoms. The SMILES string of the molecule is COCCCC(NC(=O)NCC1CCCO1)C(=O)O. The Bertz CT molecular complexity index is 292. The molecule has 110 valence electrons. The van der Waals surface area contributed by atoms with Crippen molar-refractivity contribution in [2.24, 2.45) is 0 Å². The summed E-state index contributed by atoms with van der Waals surface area (Å²) < 4.78 is 10.2. The maximum absolute atomic E-state index is 11.6. The zero-order chi connectivity index (χ0) is 14.1. The number of carboxylic acids is 1. The first-order valence-electron chi connectivity index (χ1n) is 6.51. The lowest BCUT2D eigenvalue weighted by atomic mass is 10.1. The van der Waals surface area contributed by atoms with Crippen LogP contribution in [-0.4, -0.2) is 56.1 Å². The molecule has 2 atom stereocenters. The molecule has 0 radical (unpaired) electrons. The van der Waals surface area contributed by atoms with Crippen LogP contribution in [0.1, 0.15) is 25.7 Å². The van der Waals surface area contributed by atoms with Crippen molar-refractivity contribution >= 4 is 12.0 Å². The number of carbonyl (C=O) groups excluding carboxylic acids is 1. The number of amides is 2. The molecule has 1 fully saturated rings. The molecule has 7 nitrogen and oxygen atoms in total. The largest absolute Gasteiger partial charge is 0.480 e. The molecule has 2 amide bonds. The van der Waals surface area contributed by atoms with E-state index >= 15 is 0 Å². The van der Waals surface area contributed by atoms with Gasteiger partial charge in [-0.15, -0.1) is 0 Å². The minimum absolute atomic E-state index is 0.0440. The topological polar surface area (TPSA) is 96.9 Å². The predicted octanol–water partition coefficient (Wildman–Crippen LogP) is 0.344. The molecular formula is C12H22N2O5. The van der Waals surface area contributed by atoms with Crippen LogP contribution in [0.5, 0.6) is 0 Å². The van der Waals surface area contributed by atoms with Crippen LogP contribution in [0.15, 0.2) is 0 Å². The number of ether oxygens (including phenoxy) is 2. The average Bonchev–Trinajstić information content (AvgIpc) is 2.88. The Labute approximate surface area is 112 Å². The van der Waals surface area contributed by atoms with E-state index in [0.29, 0.717) is 26.0 Å². The van der Waals surface area contributed by atoms with Gasteiger partial charge in [0, 0.05) is 26.9 Å². The fourth-order valence-electron chi connectivity index (χ4n) is 1.91. The lowest BCUT2D eigenvalue weighted by molar-refractivity contribution is -0.139. The van der Waals surface area contributed by atoms with Crippen molar-refractivity contribution in [1.29, 1.82) is 0 Å². The van der Waals surface area contributed by atoms with Gasteiger partial charge < -0.3 is 25.2 Å². The summed E-state index contributed by atoms with van der Waals surface area (Å²) in [5.41, 5.74) is 0. The van der Waals surface area contributed by atoms with Crippen molar-refractivity contribution in [2.75, 3.05) is 26.9 Å². The molecule has 2 unspecified atom stereocenters. The molecule has 3 N–H and O–H groups in total. The summed E-state index contributed by atoms with van der Waals surface area (Å²) in [5, 5.41) is 14.1. The van der Waals surface area contributed by atoms with Crippen molar-refractivity contribution in [3.63, 3.8) is 0 Å². The van der Waals surface area contributed by atoms with Gasteiger partial charge >= 0.3 is 12.0 Å². The molecule has 1 aliphatic rings. The summed E-state index contributed by atoms with van der Waals surface area (Å²) in [4.78, 5) is 22.6.